The number of ether oxygens (including phenoxy) is 1. The van der Waals surface area contributed by atoms with Gasteiger partial charge in [-0.1, -0.05) is 34.8 Å². The number of carbonyl (C=O) groups is 1. The molecule has 0 fully saturated rings. The zero-order chi connectivity index (χ0) is 13.2. The lowest BCUT2D eigenvalue weighted by Crippen LogP contribution is -2.01. The number of benzene rings is 1. The Hall–Kier alpha value is -2.21. The van der Waals surface area contributed by atoms with E-state index < -0.39 is 0 Å². The van der Waals surface area contributed by atoms with E-state index in [1.807, 2.05) is 34.9 Å². The van der Waals surface area contributed by atoms with Crippen molar-refractivity contribution in [3.63, 3.8) is 0 Å². The molecular weight excluding hydrogens is 262 g/mol. The Bertz CT molecular complexity index is 718. The number of aromatic nitrogens is 3. The average molecular weight is 273 g/mol. The molecule has 0 N–H and O–H groups in total. The summed E-state index contributed by atoms with van der Waals surface area (Å²) in [7, 11) is 1.37. The molecule has 0 radical (unpaired) electrons. The molecule has 0 aliphatic heterocycles. The van der Waals surface area contributed by atoms with Crippen LogP contribution in [0.2, 0.25) is 0 Å². The van der Waals surface area contributed by atoms with E-state index in [1.165, 1.54) is 18.6 Å². The standard InChI is InChI=1S/C13H11N3O2S/c1-18-13(17)10-8-16(12-11(10)19-15-14-12)7-9-5-3-2-4-6-9/h2-6,8H,7H2,1H3. The maximum absolute atomic E-state index is 11.7. The maximum Gasteiger partial charge on any atom is 0.341 e. The summed E-state index contributed by atoms with van der Waals surface area (Å²) >= 11 is 1.21. The maximum atomic E-state index is 11.7. The van der Waals surface area contributed by atoms with Crippen LogP contribution in [0.4, 0.5) is 0 Å². The van der Waals surface area contributed by atoms with Gasteiger partial charge in [0.2, 0.25) is 0 Å². The molecule has 3 rings (SSSR count). The Morgan fingerprint density at radius 3 is 2.89 bits per heavy atom. The number of nitrogens with zero attached hydrogens (tertiary/aromatic N) is 3. The van der Waals surface area contributed by atoms with Crippen LogP contribution in [0.25, 0.3) is 10.3 Å². The van der Waals surface area contributed by atoms with Crippen molar-refractivity contribution in [1.29, 1.82) is 0 Å². The van der Waals surface area contributed by atoms with Crippen LogP contribution in [0.5, 0.6) is 0 Å². The van der Waals surface area contributed by atoms with Crippen molar-refractivity contribution in [2.24, 2.45) is 0 Å². The van der Waals surface area contributed by atoms with Crippen LogP contribution in [0.15, 0.2) is 36.5 Å². The molecule has 0 atom stereocenters. The van der Waals surface area contributed by atoms with Gasteiger partial charge < -0.3 is 9.30 Å². The highest BCUT2D eigenvalue weighted by atomic mass is 32.1. The molecule has 0 aliphatic carbocycles. The smallest absolute Gasteiger partial charge is 0.341 e. The van der Waals surface area contributed by atoms with Gasteiger partial charge >= 0.3 is 5.97 Å². The van der Waals surface area contributed by atoms with Gasteiger partial charge in [0.05, 0.1) is 12.7 Å². The highest BCUT2D eigenvalue weighted by molar-refractivity contribution is 7.13. The van der Waals surface area contributed by atoms with Crippen LogP contribution in [0.3, 0.4) is 0 Å². The summed E-state index contributed by atoms with van der Waals surface area (Å²) in [5, 5.41) is 4.08. The van der Waals surface area contributed by atoms with Crippen LogP contribution in [-0.2, 0) is 11.3 Å². The van der Waals surface area contributed by atoms with Gasteiger partial charge in [0.25, 0.3) is 0 Å². The number of methoxy groups -OCH3 is 1. The van der Waals surface area contributed by atoms with E-state index in [0.29, 0.717) is 17.8 Å². The van der Waals surface area contributed by atoms with Crippen LogP contribution in [0, 0.1) is 0 Å². The van der Waals surface area contributed by atoms with E-state index in [0.717, 1.165) is 10.3 Å². The Morgan fingerprint density at radius 2 is 2.16 bits per heavy atom. The minimum Gasteiger partial charge on any atom is -0.465 e. The van der Waals surface area contributed by atoms with Crippen molar-refractivity contribution in [1.82, 2.24) is 14.2 Å². The first-order valence-corrected chi connectivity index (χ1v) is 6.50. The molecule has 0 unspecified atom stereocenters. The van der Waals surface area contributed by atoms with Gasteiger partial charge in [-0.25, -0.2) is 4.79 Å². The highest BCUT2D eigenvalue weighted by Crippen LogP contribution is 2.24. The minimum atomic E-state index is -0.358. The Labute approximate surface area is 113 Å². The minimum absolute atomic E-state index is 0.358. The summed E-state index contributed by atoms with van der Waals surface area (Å²) in [5.74, 6) is -0.358. The molecule has 0 amide bonds. The number of hydrogen-bond acceptors (Lipinski definition) is 5. The van der Waals surface area contributed by atoms with Crippen LogP contribution >= 0.6 is 11.5 Å². The largest absolute Gasteiger partial charge is 0.465 e. The molecule has 2 aromatic heterocycles. The third-order valence-electron chi connectivity index (χ3n) is 2.87. The predicted molar refractivity (Wildman–Crippen MR) is 72.3 cm³/mol. The summed E-state index contributed by atoms with van der Waals surface area (Å²) in [5.41, 5.74) is 2.38. The molecule has 0 spiro atoms. The van der Waals surface area contributed by atoms with Crippen LogP contribution in [-0.4, -0.2) is 27.2 Å². The van der Waals surface area contributed by atoms with Crippen molar-refractivity contribution in [2.75, 3.05) is 7.11 Å². The summed E-state index contributed by atoms with van der Waals surface area (Å²) < 4.78 is 11.4. The summed E-state index contributed by atoms with van der Waals surface area (Å²) in [6.45, 7) is 0.653. The van der Waals surface area contributed by atoms with E-state index in [2.05, 4.69) is 9.59 Å². The second-order valence-electron chi connectivity index (χ2n) is 4.07. The SMILES string of the molecule is COC(=O)c1cn(Cc2ccccc2)c2nnsc12. The molecule has 0 bridgehead atoms. The van der Waals surface area contributed by atoms with E-state index in [-0.39, 0.29) is 5.97 Å². The van der Waals surface area contributed by atoms with Crippen molar-refractivity contribution in [3.05, 3.63) is 47.7 Å². The van der Waals surface area contributed by atoms with Crippen molar-refractivity contribution < 1.29 is 9.53 Å². The zero-order valence-corrected chi connectivity index (χ0v) is 11.1. The van der Waals surface area contributed by atoms with Crippen molar-refractivity contribution >= 4 is 27.8 Å². The lowest BCUT2D eigenvalue weighted by atomic mass is 10.2. The Balaban J connectivity index is 2.04. The highest BCUT2D eigenvalue weighted by Gasteiger charge is 2.18. The topological polar surface area (TPSA) is 57.0 Å². The first-order chi connectivity index (χ1) is 9.29. The van der Waals surface area contributed by atoms with Gasteiger partial charge in [-0.05, 0) is 17.1 Å². The number of esters is 1. The van der Waals surface area contributed by atoms with Gasteiger partial charge in [0.1, 0.15) is 4.70 Å². The zero-order valence-electron chi connectivity index (χ0n) is 10.2. The third-order valence-corrected chi connectivity index (χ3v) is 3.62. The fourth-order valence-electron chi connectivity index (χ4n) is 1.98. The first-order valence-electron chi connectivity index (χ1n) is 5.73. The molecular formula is C13H11N3O2S. The fourth-order valence-corrected chi connectivity index (χ4v) is 2.65. The number of carbonyl (C=O) groups excluding carboxylic acids is 1. The number of fused-ring (bicyclic) bond motifs is 1. The van der Waals surface area contributed by atoms with E-state index in [4.69, 9.17) is 4.74 Å². The molecule has 0 aliphatic rings. The van der Waals surface area contributed by atoms with Gasteiger partial charge in [-0.3, -0.25) is 0 Å². The second-order valence-corrected chi connectivity index (χ2v) is 4.83. The number of rotatable bonds is 3. The van der Waals surface area contributed by atoms with Gasteiger partial charge in [0, 0.05) is 12.7 Å². The fraction of sp³-hybridized carbons (Fsp3) is 0.154. The lowest BCUT2D eigenvalue weighted by molar-refractivity contribution is 0.0603. The second kappa shape index (κ2) is 4.81. The molecule has 6 heteroatoms. The number of hydrogen-bond donors (Lipinski definition) is 0. The average Bonchev–Trinajstić information content (AvgIpc) is 3.03. The monoisotopic (exact) mass is 273 g/mol. The summed E-state index contributed by atoms with van der Waals surface area (Å²) in [6.07, 6.45) is 1.77. The third kappa shape index (κ3) is 2.10. The molecule has 0 saturated heterocycles. The summed E-state index contributed by atoms with van der Waals surface area (Å²) in [6, 6.07) is 10.00. The van der Waals surface area contributed by atoms with Gasteiger partial charge in [0.15, 0.2) is 5.65 Å². The summed E-state index contributed by atoms with van der Waals surface area (Å²) in [4.78, 5) is 11.7. The van der Waals surface area contributed by atoms with E-state index in [9.17, 15) is 4.79 Å². The molecule has 0 saturated carbocycles. The molecule has 96 valence electrons. The Kier molecular flexibility index (Phi) is 3.00. The van der Waals surface area contributed by atoms with Gasteiger partial charge in [-0.2, -0.15) is 0 Å². The van der Waals surface area contributed by atoms with E-state index >= 15 is 0 Å². The van der Waals surface area contributed by atoms with Crippen molar-refractivity contribution in [3.8, 4) is 0 Å². The Morgan fingerprint density at radius 1 is 1.37 bits per heavy atom. The molecule has 2 heterocycles. The normalized spacial score (nSPS) is 10.8. The molecule has 3 aromatic rings. The lowest BCUT2D eigenvalue weighted by Gasteiger charge is -2.02. The van der Waals surface area contributed by atoms with Crippen LogP contribution < -0.4 is 0 Å². The predicted octanol–water partition coefficient (Wildman–Crippen LogP) is 2.33. The molecule has 1 aromatic carbocycles. The molecule has 19 heavy (non-hydrogen) atoms. The molecule has 5 nitrogen and oxygen atoms in total. The van der Waals surface area contributed by atoms with Crippen LogP contribution in [0.1, 0.15) is 15.9 Å². The van der Waals surface area contributed by atoms with Gasteiger partial charge in [-0.15, -0.1) is 5.10 Å². The van der Waals surface area contributed by atoms with E-state index in [1.54, 1.807) is 6.20 Å². The van der Waals surface area contributed by atoms with Crippen molar-refractivity contribution in [2.45, 2.75) is 6.54 Å². The quantitative estimate of drug-likeness (QED) is 0.687. The first kappa shape index (κ1) is 11.9.